The maximum absolute atomic E-state index is 5.70. The van der Waals surface area contributed by atoms with E-state index in [1.807, 2.05) is 26.1 Å². The predicted molar refractivity (Wildman–Crippen MR) is 61.9 cm³/mol. The molecule has 1 aromatic heterocycles. The van der Waals surface area contributed by atoms with Gasteiger partial charge in [0.05, 0.1) is 0 Å². The van der Waals surface area contributed by atoms with Crippen LogP contribution >= 0.6 is 0 Å². The Hall–Kier alpha value is -1.51. The monoisotopic (exact) mass is 206 g/mol. The Morgan fingerprint density at radius 2 is 2.07 bits per heavy atom. The molecule has 3 heteroatoms. The average molecular weight is 206 g/mol. The topological polar surface area (TPSA) is 27.1 Å². The predicted octanol–water partition coefficient (Wildman–Crippen LogP) is 3.28. The lowest BCUT2D eigenvalue weighted by molar-refractivity contribution is 0.301. The third-order valence-electron chi connectivity index (χ3n) is 2.00. The van der Waals surface area contributed by atoms with Crippen molar-refractivity contribution in [3.8, 4) is 0 Å². The first-order valence-electron chi connectivity index (χ1n) is 5.06. The van der Waals surface area contributed by atoms with Gasteiger partial charge in [0.1, 0.15) is 5.76 Å². The van der Waals surface area contributed by atoms with Gasteiger partial charge in [-0.15, -0.1) is 0 Å². The summed E-state index contributed by atoms with van der Waals surface area (Å²) in [4.78, 5) is 0. The number of ether oxygens (including phenoxy) is 1. The molecule has 0 amide bonds. The molecule has 0 unspecified atom stereocenters. The molecular formula is C12H18N2O. The van der Waals surface area contributed by atoms with E-state index in [0.29, 0.717) is 11.8 Å². The van der Waals surface area contributed by atoms with Crippen LogP contribution < -0.4 is 0 Å². The van der Waals surface area contributed by atoms with Crippen molar-refractivity contribution in [2.24, 2.45) is 5.92 Å². The van der Waals surface area contributed by atoms with Gasteiger partial charge in [-0.05, 0) is 32.1 Å². The first kappa shape index (κ1) is 11.6. The van der Waals surface area contributed by atoms with E-state index in [2.05, 4.69) is 25.5 Å². The van der Waals surface area contributed by atoms with E-state index in [1.54, 1.807) is 10.9 Å². The minimum atomic E-state index is 0.349. The molecule has 0 aliphatic carbocycles. The molecule has 0 aromatic carbocycles. The van der Waals surface area contributed by atoms with Gasteiger partial charge < -0.3 is 4.74 Å². The maximum atomic E-state index is 5.70. The second-order valence-electron chi connectivity index (χ2n) is 3.97. The van der Waals surface area contributed by atoms with Crippen LogP contribution in [0.25, 0.3) is 5.88 Å². The van der Waals surface area contributed by atoms with Crippen LogP contribution in [0.4, 0.5) is 0 Å². The van der Waals surface area contributed by atoms with E-state index in [9.17, 15) is 0 Å². The SMILES string of the molecule is C=C(OC(=C(C)C)C(C)C)n1cccn1. The Kier molecular flexibility index (Phi) is 3.72. The van der Waals surface area contributed by atoms with E-state index in [4.69, 9.17) is 4.74 Å². The first-order chi connectivity index (χ1) is 7.02. The van der Waals surface area contributed by atoms with Crippen LogP contribution in [0.5, 0.6) is 0 Å². The highest BCUT2D eigenvalue weighted by Gasteiger charge is 2.09. The summed E-state index contributed by atoms with van der Waals surface area (Å²) in [7, 11) is 0. The highest BCUT2D eigenvalue weighted by molar-refractivity contribution is 5.33. The molecule has 0 radical (unpaired) electrons. The van der Waals surface area contributed by atoms with Gasteiger partial charge in [0.2, 0.25) is 5.88 Å². The molecule has 1 aromatic rings. The van der Waals surface area contributed by atoms with Crippen molar-refractivity contribution in [3.05, 3.63) is 36.4 Å². The Bertz CT molecular complexity index is 357. The Balaban J connectivity index is 2.78. The molecule has 82 valence electrons. The number of hydrogen-bond donors (Lipinski definition) is 0. The van der Waals surface area contributed by atoms with Gasteiger partial charge in [-0.3, -0.25) is 0 Å². The van der Waals surface area contributed by atoms with E-state index >= 15 is 0 Å². The lowest BCUT2D eigenvalue weighted by Crippen LogP contribution is -2.06. The highest BCUT2D eigenvalue weighted by atomic mass is 16.5. The van der Waals surface area contributed by atoms with Crippen molar-refractivity contribution in [2.75, 3.05) is 0 Å². The van der Waals surface area contributed by atoms with Crippen LogP contribution in [-0.2, 0) is 4.74 Å². The minimum Gasteiger partial charge on any atom is -0.444 e. The largest absolute Gasteiger partial charge is 0.444 e. The van der Waals surface area contributed by atoms with Crippen molar-refractivity contribution in [1.29, 1.82) is 0 Å². The van der Waals surface area contributed by atoms with Crippen LogP contribution in [0, 0.1) is 5.92 Å². The van der Waals surface area contributed by atoms with Crippen molar-refractivity contribution in [1.82, 2.24) is 9.78 Å². The van der Waals surface area contributed by atoms with Gasteiger partial charge in [0, 0.05) is 18.3 Å². The van der Waals surface area contributed by atoms with Crippen LogP contribution in [0.15, 0.2) is 36.4 Å². The molecule has 0 fully saturated rings. The zero-order chi connectivity index (χ0) is 11.4. The van der Waals surface area contributed by atoms with Crippen LogP contribution in [0.3, 0.4) is 0 Å². The van der Waals surface area contributed by atoms with Crippen molar-refractivity contribution >= 4 is 5.88 Å². The summed E-state index contributed by atoms with van der Waals surface area (Å²) in [5.41, 5.74) is 1.17. The summed E-state index contributed by atoms with van der Waals surface area (Å²) in [6, 6.07) is 1.84. The minimum absolute atomic E-state index is 0.349. The van der Waals surface area contributed by atoms with Gasteiger partial charge in [0.25, 0.3) is 0 Å². The van der Waals surface area contributed by atoms with Gasteiger partial charge in [-0.25, -0.2) is 4.68 Å². The van der Waals surface area contributed by atoms with E-state index in [1.165, 1.54) is 5.57 Å². The molecule has 0 spiro atoms. The fourth-order valence-corrected chi connectivity index (χ4v) is 1.39. The standard InChI is InChI=1S/C12H18N2O/c1-9(2)12(10(3)4)15-11(5)14-8-6-7-13-14/h6-9H,5H2,1-4H3. The molecule has 1 rings (SSSR count). The molecule has 0 aliphatic heterocycles. The van der Waals surface area contributed by atoms with Crippen LogP contribution in [0.1, 0.15) is 27.7 Å². The zero-order valence-corrected chi connectivity index (χ0v) is 9.82. The molecule has 15 heavy (non-hydrogen) atoms. The summed E-state index contributed by atoms with van der Waals surface area (Å²) in [5.74, 6) is 1.84. The maximum Gasteiger partial charge on any atom is 0.212 e. The molecule has 0 atom stereocenters. The summed E-state index contributed by atoms with van der Waals surface area (Å²) in [6.07, 6.45) is 3.51. The molecular weight excluding hydrogens is 188 g/mol. The third kappa shape index (κ3) is 2.98. The van der Waals surface area contributed by atoms with Crippen LogP contribution in [-0.4, -0.2) is 9.78 Å². The number of allylic oxidation sites excluding steroid dienone is 2. The van der Waals surface area contributed by atoms with Gasteiger partial charge >= 0.3 is 0 Å². The molecule has 0 saturated heterocycles. The molecule has 0 aliphatic rings. The summed E-state index contributed by atoms with van der Waals surface area (Å²) in [5, 5.41) is 4.06. The first-order valence-corrected chi connectivity index (χ1v) is 5.06. The second-order valence-corrected chi connectivity index (χ2v) is 3.97. The average Bonchev–Trinajstić information content (AvgIpc) is 2.65. The number of hydrogen-bond acceptors (Lipinski definition) is 2. The smallest absolute Gasteiger partial charge is 0.212 e. The quantitative estimate of drug-likeness (QED) is 0.707. The normalized spacial score (nSPS) is 10.2. The summed E-state index contributed by atoms with van der Waals surface area (Å²) < 4.78 is 7.32. The Labute approximate surface area is 91.1 Å². The lowest BCUT2D eigenvalue weighted by atomic mass is 10.1. The second kappa shape index (κ2) is 4.82. The zero-order valence-electron chi connectivity index (χ0n) is 9.82. The Morgan fingerprint density at radius 1 is 1.40 bits per heavy atom. The van der Waals surface area contributed by atoms with Gasteiger partial charge in [-0.1, -0.05) is 13.8 Å². The van der Waals surface area contributed by atoms with Gasteiger partial charge in [0.15, 0.2) is 0 Å². The molecule has 0 saturated carbocycles. The lowest BCUT2D eigenvalue weighted by Gasteiger charge is -2.16. The molecule has 0 N–H and O–H groups in total. The van der Waals surface area contributed by atoms with Crippen molar-refractivity contribution in [3.63, 3.8) is 0 Å². The van der Waals surface area contributed by atoms with E-state index in [-0.39, 0.29) is 0 Å². The number of nitrogens with zero attached hydrogens (tertiary/aromatic N) is 2. The van der Waals surface area contributed by atoms with Gasteiger partial charge in [-0.2, -0.15) is 5.10 Å². The van der Waals surface area contributed by atoms with Crippen molar-refractivity contribution in [2.45, 2.75) is 27.7 Å². The third-order valence-corrected chi connectivity index (χ3v) is 2.00. The molecule has 1 heterocycles. The number of rotatable bonds is 4. The summed E-state index contributed by atoms with van der Waals surface area (Å²) >= 11 is 0. The van der Waals surface area contributed by atoms with Crippen LogP contribution in [0.2, 0.25) is 0 Å². The fraction of sp³-hybridized carbons (Fsp3) is 0.417. The summed E-state index contributed by atoms with van der Waals surface area (Å²) in [6.45, 7) is 12.1. The van der Waals surface area contributed by atoms with E-state index in [0.717, 1.165) is 5.76 Å². The van der Waals surface area contributed by atoms with Crippen molar-refractivity contribution < 1.29 is 4.74 Å². The fourth-order valence-electron chi connectivity index (χ4n) is 1.39. The Morgan fingerprint density at radius 3 is 2.47 bits per heavy atom. The highest BCUT2D eigenvalue weighted by Crippen LogP contribution is 2.20. The van der Waals surface area contributed by atoms with E-state index < -0.39 is 0 Å². The number of aromatic nitrogens is 2. The molecule has 3 nitrogen and oxygen atoms in total. The molecule has 0 bridgehead atoms.